The number of hydrogen-bond acceptors (Lipinski definition) is 4. The van der Waals surface area contributed by atoms with Gasteiger partial charge >= 0.3 is 0 Å². The second kappa shape index (κ2) is 2.75. The monoisotopic (exact) mass is 169 g/mol. The van der Waals surface area contributed by atoms with Crippen molar-refractivity contribution in [3.63, 3.8) is 0 Å². The summed E-state index contributed by atoms with van der Waals surface area (Å²) in [4.78, 5) is 14.4. The van der Waals surface area contributed by atoms with Crippen LogP contribution in [0, 0.1) is 0 Å². The van der Waals surface area contributed by atoms with Gasteiger partial charge in [0.2, 0.25) is 0 Å². The zero-order chi connectivity index (χ0) is 6.97. The molecule has 0 unspecified atom stereocenters. The quantitative estimate of drug-likeness (QED) is 0.583. The number of anilines is 1. The first kappa shape index (κ1) is 7.80. The Bertz CT molecular complexity index is 356. The summed E-state index contributed by atoms with van der Waals surface area (Å²) in [5, 5.41) is 0. The van der Waals surface area contributed by atoms with Gasteiger partial charge in [0, 0.05) is 0 Å². The van der Waals surface area contributed by atoms with Gasteiger partial charge in [0.1, 0.15) is 11.8 Å². The molecule has 58 valence electrons. The zero-order valence-electron chi connectivity index (χ0n) is 5.57. The van der Waals surface area contributed by atoms with Crippen LogP contribution in [0.5, 0.6) is 0 Å². The summed E-state index contributed by atoms with van der Waals surface area (Å²) in [6, 6.07) is 0. The third-order valence-electron chi connectivity index (χ3n) is 1.25. The van der Waals surface area contributed by atoms with E-state index >= 15 is 0 Å². The first-order chi connectivity index (χ1) is 4.88. The van der Waals surface area contributed by atoms with E-state index < -0.39 is 0 Å². The number of nitrogens with two attached hydrogens (primary N) is 1. The van der Waals surface area contributed by atoms with Crippen LogP contribution in [0.3, 0.4) is 0 Å². The maximum absolute atomic E-state index is 5.48. The summed E-state index contributed by atoms with van der Waals surface area (Å²) in [5.41, 5.74) is 6.78. The fourth-order valence-corrected chi connectivity index (χ4v) is 0.784. The molecule has 0 atom stereocenters. The predicted octanol–water partition coefficient (Wildman–Crippen LogP) is 0.0479. The molecule has 0 bridgehead atoms. The van der Waals surface area contributed by atoms with Crippen LogP contribution in [0.1, 0.15) is 0 Å². The van der Waals surface area contributed by atoms with Crippen molar-refractivity contribution in [2.24, 2.45) is 0 Å². The average Bonchev–Trinajstić information content (AvgIpc) is 2.36. The summed E-state index contributed by atoms with van der Waals surface area (Å²) in [7, 11) is 0. The van der Waals surface area contributed by atoms with Gasteiger partial charge in [-0.2, -0.15) is 13.5 Å². The highest BCUT2D eigenvalue weighted by atomic mass is 32.1. The van der Waals surface area contributed by atoms with Crippen molar-refractivity contribution in [1.29, 1.82) is 0 Å². The van der Waals surface area contributed by atoms with Gasteiger partial charge in [0.15, 0.2) is 11.5 Å². The van der Waals surface area contributed by atoms with Crippen LogP contribution >= 0.6 is 13.5 Å². The number of nitrogen functional groups attached to an aromatic ring is 1. The number of nitrogens with zero attached hydrogens (tertiary/aromatic N) is 3. The van der Waals surface area contributed by atoms with E-state index in [1.54, 1.807) is 0 Å². The standard InChI is InChI=1S/C5H5N5.H2S/c6-4-3-5(9-1-7-3)10-2-8-4;/h1-2H,(H3,6,7,8,9,10);1H2. The molecule has 0 spiro atoms. The first-order valence-electron chi connectivity index (χ1n) is 2.77. The smallest absolute Gasteiger partial charge is 0.182 e. The Morgan fingerprint density at radius 3 is 2.82 bits per heavy atom. The molecule has 3 N–H and O–H groups in total. The summed E-state index contributed by atoms with van der Waals surface area (Å²) >= 11 is 0. The molecular formula is C5H7N5S. The van der Waals surface area contributed by atoms with E-state index in [9.17, 15) is 0 Å². The van der Waals surface area contributed by atoms with Crippen molar-refractivity contribution in [1.82, 2.24) is 19.9 Å². The molecule has 0 fully saturated rings. The van der Waals surface area contributed by atoms with E-state index in [0.717, 1.165) is 0 Å². The fraction of sp³-hybridized carbons (Fsp3) is 0. The third-order valence-corrected chi connectivity index (χ3v) is 1.25. The molecule has 0 saturated carbocycles. The van der Waals surface area contributed by atoms with E-state index in [1.165, 1.54) is 12.7 Å². The SMILES string of the molecule is Nc1ncnc2nc[nH]c12.S. The number of H-pyrrole nitrogens is 1. The Balaban J connectivity index is 0.000000605. The molecule has 0 aromatic carbocycles. The highest BCUT2D eigenvalue weighted by Crippen LogP contribution is 2.09. The molecule has 0 aliphatic heterocycles. The van der Waals surface area contributed by atoms with Gasteiger partial charge in [0.05, 0.1) is 6.33 Å². The van der Waals surface area contributed by atoms with E-state index in [2.05, 4.69) is 19.9 Å². The molecular weight excluding hydrogens is 162 g/mol. The molecule has 0 saturated heterocycles. The van der Waals surface area contributed by atoms with Gasteiger partial charge in [0.25, 0.3) is 0 Å². The molecule has 5 nitrogen and oxygen atoms in total. The molecule has 2 aromatic rings. The lowest BCUT2D eigenvalue weighted by atomic mass is 10.5. The third kappa shape index (κ3) is 1.12. The topological polar surface area (TPSA) is 80.5 Å². The number of nitrogens with one attached hydrogen (secondary N) is 1. The maximum Gasteiger partial charge on any atom is 0.182 e. The molecule has 2 rings (SSSR count). The zero-order valence-corrected chi connectivity index (χ0v) is 6.57. The molecule has 2 aromatic heterocycles. The number of fused-ring (bicyclic) bond motifs is 1. The second-order valence-electron chi connectivity index (χ2n) is 1.86. The minimum atomic E-state index is 0. The van der Waals surface area contributed by atoms with Gasteiger partial charge in [-0.15, -0.1) is 0 Å². The first-order valence-corrected chi connectivity index (χ1v) is 2.77. The number of hydrogen-bond donors (Lipinski definition) is 2. The Labute approximate surface area is 69.5 Å². The lowest BCUT2D eigenvalue weighted by Crippen LogP contribution is -1.91. The second-order valence-corrected chi connectivity index (χ2v) is 1.86. The van der Waals surface area contributed by atoms with Gasteiger partial charge in [-0.25, -0.2) is 15.0 Å². The summed E-state index contributed by atoms with van der Waals surface area (Å²) in [5.74, 6) is 0.433. The molecule has 0 amide bonds. The molecule has 0 radical (unpaired) electrons. The van der Waals surface area contributed by atoms with Crippen LogP contribution in [0.4, 0.5) is 5.82 Å². The largest absolute Gasteiger partial charge is 0.382 e. The van der Waals surface area contributed by atoms with Crippen molar-refractivity contribution in [3.05, 3.63) is 12.7 Å². The van der Waals surface area contributed by atoms with Crippen molar-refractivity contribution < 1.29 is 0 Å². The van der Waals surface area contributed by atoms with E-state index in [-0.39, 0.29) is 13.5 Å². The lowest BCUT2D eigenvalue weighted by molar-refractivity contribution is 1.21. The number of aromatic amines is 1. The normalized spacial score (nSPS) is 9.45. The van der Waals surface area contributed by atoms with Crippen molar-refractivity contribution in [2.45, 2.75) is 0 Å². The minimum absolute atomic E-state index is 0. The van der Waals surface area contributed by atoms with Crippen molar-refractivity contribution in [2.75, 3.05) is 5.73 Å². The van der Waals surface area contributed by atoms with Gasteiger partial charge in [-0.1, -0.05) is 0 Å². The van der Waals surface area contributed by atoms with Crippen LogP contribution in [-0.4, -0.2) is 19.9 Å². The summed E-state index contributed by atoms with van der Waals surface area (Å²) in [6.45, 7) is 0. The van der Waals surface area contributed by atoms with Crippen molar-refractivity contribution >= 4 is 30.5 Å². The van der Waals surface area contributed by atoms with Crippen LogP contribution < -0.4 is 5.73 Å². The van der Waals surface area contributed by atoms with Crippen molar-refractivity contribution in [3.8, 4) is 0 Å². The Morgan fingerprint density at radius 1 is 1.27 bits per heavy atom. The number of imidazole rings is 1. The van der Waals surface area contributed by atoms with Crippen LogP contribution in [0.2, 0.25) is 0 Å². The highest BCUT2D eigenvalue weighted by molar-refractivity contribution is 7.59. The average molecular weight is 169 g/mol. The van der Waals surface area contributed by atoms with E-state index in [0.29, 0.717) is 17.0 Å². The van der Waals surface area contributed by atoms with Gasteiger partial charge in [-0.3, -0.25) is 0 Å². The van der Waals surface area contributed by atoms with Gasteiger partial charge in [-0.05, 0) is 0 Å². The van der Waals surface area contributed by atoms with Crippen LogP contribution in [0.15, 0.2) is 12.7 Å². The molecule has 0 aliphatic carbocycles. The molecule has 0 aliphatic rings. The predicted molar refractivity (Wildman–Crippen MR) is 46.5 cm³/mol. The molecule has 2 heterocycles. The molecule has 6 heteroatoms. The Morgan fingerprint density at radius 2 is 2.09 bits per heavy atom. The maximum atomic E-state index is 5.48. The highest BCUT2D eigenvalue weighted by Gasteiger charge is 1.99. The van der Waals surface area contributed by atoms with E-state index in [1.807, 2.05) is 0 Å². The number of aromatic nitrogens is 4. The van der Waals surface area contributed by atoms with Crippen LogP contribution in [0.25, 0.3) is 11.2 Å². The minimum Gasteiger partial charge on any atom is -0.382 e. The van der Waals surface area contributed by atoms with Gasteiger partial charge < -0.3 is 10.7 Å². The van der Waals surface area contributed by atoms with E-state index in [4.69, 9.17) is 5.73 Å². The van der Waals surface area contributed by atoms with Crippen LogP contribution in [-0.2, 0) is 0 Å². The summed E-state index contributed by atoms with van der Waals surface area (Å²) in [6.07, 6.45) is 2.92. The molecule has 11 heavy (non-hydrogen) atoms. The lowest BCUT2D eigenvalue weighted by Gasteiger charge is -1.89. The Kier molecular flexibility index (Phi) is 1.95. The Hall–Kier alpha value is -1.30. The number of rotatable bonds is 0. The summed E-state index contributed by atoms with van der Waals surface area (Å²) < 4.78 is 0. The fourth-order valence-electron chi connectivity index (χ4n) is 0.784.